The first-order valence-corrected chi connectivity index (χ1v) is 8.21. The maximum atomic E-state index is 11.7. The van der Waals surface area contributed by atoms with E-state index in [2.05, 4.69) is 31.0 Å². The first-order chi connectivity index (χ1) is 9.40. The van der Waals surface area contributed by atoms with Gasteiger partial charge in [-0.15, -0.1) is 0 Å². The summed E-state index contributed by atoms with van der Waals surface area (Å²) in [7, 11) is 0. The molecule has 1 heterocycles. The minimum absolute atomic E-state index is 0.231. The van der Waals surface area contributed by atoms with Crippen LogP contribution in [0.5, 0.6) is 0 Å². The largest absolute Gasteiger partial charge is 0.368 e. The number of hydrogen-bond acceptors (Lipinski definition) is 3. The predicted octanol–water partition coefficient (Wildman–Crippen LogP) is 2.27. The molecule has 0 bridgehead atoms. The molecule has 0 spiro atoms. The summed E-state index contributed by atoms with van der Waals surface area (Å²) in [6.45, 7) is 10.6. The second kappa shape index (κ2) is 7.99. The molecule has 0 aromatic carbocycles. The Hall–Kier alpha value is -0.610. The smallest absolute Gasteiger partial charge is 0.237 e. The first-order valence-electron chi connectivity index (χ1n) is 8.21. The monoisotopic (exact) mass is 283 g/mol. The topological polar surface area (TPSA) is 58.4 Å². The number of likely N-dealkylation sites (tertiary alicyclic amines) is 1. The van der Waals surface area contributed by atoms with E-state index in [1.54, 1.807) is 0 Å². The fourth-order valence-corrected chi connectivity index (χ4v) is 3.23. The molecule has 3 N–H and O–H groups in total. The van der Waals surface area contributed by atoms with Gasteiger partial charge in [0.05, 0.1) is 5.54 Å². The Labute approximate surface area is 124 Å². The van der Waals surface area contributed by atoms with Crippen LogP contribution in [0.2, 0.25) is 0 Å². The molecule has 4 heteroatoms. The van der Waals surface area contributed by atoms with Crippen molar-refractivity contribution in [3.05, 3.63) is 0 Å². The van der Waals surface area contributed by atoms with Crippen molar-refractivity contribution < 1.29 is 4.79 Å². The molecular weight excluding hydrogens is 250 g/mol. The Morgan fingerprint density at radius 1 is 1.35 bits per heavy atom. The number of nitrogens with one attached hydrogen (secondary N) is 1. The van der Waals surface area contributed by atoms with E-state index in [9.17, 15) is 4.79 Å². The molecule has 1 unspecified atom stereocenters. The van der Waals surface area contributed by atoms with Crippen LogP contribution in [0, 0.1) is 0 Å². The Morgan fingerprint density at radius 3 is 2.45 bits per heavy atom. The summed E-state index contributed by atoms with van der Waals surface area (Å²) in [6.07, 6.45) is 6.79. The number of carbonyl (C=O) groups excluding carboxylic acids is 1. The van der Waals surface area contributed by atoms with Crippen LogP contribution in [0.15, 0.2) is 0 Å². The van der Waals surface area contributed by atoms with E-state index in [-0.39, 0.29) is 5.91 Å². The van der Waals surface area contributed by atoms with Crippen molar-refractivity contribution in [3.63, 3.8) is 0 Å². The third-order valence-corrected chi connectivity index (χ3v) is 4.78. The molecule has 0 radical (unpaired) electrons. The van der Waals surface area contributed by atoms with Gasteiger partial charge in [0.15, 0.2) is 0 Å². The molecule has 1 saturated heterocycles. The van der Waals surface area contributed by atoms with Gasteiger partial charge < -0.3 is 11.1 Å². The summed E-state index contributed by atoms with van der Waals surface area (Å²) < 4.78 is 0. The van der Waals surface area contributed by atoms with Gasteiger partial charge in [-0.05, 0) is 66.0 Å². The molecule has 118 valence electrons. The lowest BCUT2D eigenvalue weighted by atomic mass is 9.92. The number of hydrogen-bond donors (Lipinski definition) is 2. The third kappa shape index (κ3) is 4.74. The highest BCUT2D eigenvalue weighted by Crippen LogP contribution is 2.23. The van der Waals surface area contributed by atoms with Crippen LogP contribution < -0.4 is 11.1 Å². The molecule has 1 aliphatic heterocycles. The number of nitrogens with zero attached hydrogens (tertiary/aromatic N) is 1. The third-order valence-electron chi connectivity index (χ3n) is 4.78. The summed E-state index contributed by atoms with van der Waals surface area (Å²) in [5.74, 6) is -0.231. The SMILES string of the molecule is CCCNC(C)(CCCN1[C@H](C)CCC[C@@H]1C)C(N)=O. The predicted molar refractivity (Wildman–Crippen MR) is 84.6 cm³/mol. The number of piperidine rings is 1. The van der Waals surface area contributed by atoms with Crippen molar-refractivity contribution in [1.29, 1.82) is 0 Å². The Bertz CT molecular complexity index is 298. The van der Waals surface area contributed by atoms with Crippen LogP contribution in [-0.2, 0) is 4.79 Å². The molecule has 0 aromatic heterocycles. The van der Waals surface area contributed by atoms with Crippen LogP contribution in [0.4, 0.5) is 0 Å². The number of rotatable bonds is 8. The van der Waals surface area contributed by atoms with Crippen LogP contribution in [0.3, 0.4) is 0 Å². The highest BCUT2D eigenvalue weighted by atomic mass is 16.1. The average molecular weight is 283 g/mol. The van der Waals surface area contributed by atoms with Gasteiger partial charge in [-0.1, -0.05) is 13.3 Å². The van der Waals surface area contributed by atoms with E-state index in [4.69, 9.17) is 5.73 Å². The lowest BCUT2D eigenvalue weighted by Crippen LogP contribution is -2.54. The average Bonchev–Trinajstić information content (AvgIpc) is 2.39. The van der Waals surface area contributed by atoms with Crippen LogP contribution >= 0.6 is 0 Å². The fraction of sp³-hybridized carbons (Fsp3) is 0.938. The van der Waals surface area contributed by atoms with Crippen molar-refractivity contribution in [1.82, 2.24) is 10.2 Å². The van der Waals surface area contributed by atoms with Gasteiger partial charge in [0.1, 0.15) is 0 Å². The van der Waals surface area contributed by atoms with E-state index in [0.717, 1.165) is 32.4 Å². The van der Waals surface area contributed by atoms with Crippen LogP contribution in [0.1, 0.15) is 66.2 Å². The van der Waals surface area contributed by atoms with Gasteiger partial charge in [-0.3, -0.25) is 9.69 Å². The van der Waals surface area contributed by atoms with E-state index in [1.165, 1.54) is 19.3 Å². The summed E-state index contributed by atoms with van der Waals surface area (Å²) >= 11 is 0. The van der Waals surface area contributed by atoms with E-state index in [0.29, 0.717) is 12.1 Å². The molecule has 1 amide bonds. The lowest BCUT2D eigenvalue weighted by molar-refractivity contribution is -0.124. The molecular formula is C16H33N3O. The van der Waals surface area contributed by atoms with Gasteiger partial charge in [-0.2, -0.15) is 0 Å². The highest BCUT2D eigenvalue weighted by molar-refractivity contribution is 5.84. The second-order valence-corrected chi connectivity index (χ2v) is 6.59. The normalized spacial score (nSPS) is 27.2. The quantitative estimate of drug-likeness (QED) is 0.718. The number of amides is 1. The van der Waals surface area contributed by atoms with Crippen molar-refractivity contribution >= 4 is 5.91 Å². The highest BCUT2D eigenvalue weighted by Gasteiger charge is 2.31. The van der Waals surface area contributed by atoms with Gasteiger partial charge in [0.25, 0.3) is 0 Å². The first kappa shape index (κ1) is 17.4. The van der Waals surface area contributed by atoms with Gasteiger partial charge in [0.2, 0.25) is 5.91 Å². The molecule has 0 saturated carbocycles. The molecule has 1 fully saturated rings. The summed E-state index contributed by atoms with van der Waals surface area (Å²) in [5, 5.41) is 3.31. The molecule has 0 aromatic rings. The van der Waals surface area contributed by atoms with Crippen LogP contribution in [-0.4, -0.2) is 41.5 Å². The molecule has 1 aliphatic rings. The maximum Gasteiger partial charge on any atom is 0.237 e. The molecule has 0 aliphatic carbocycles. The van der Waals surface area contributed by atoms with E-state index < -0.39 is 5.54 Å². The second-order valence-electron chi connectivity index (χ2n) is 6.59. The van der Waals surface area contributed by atoms with E-state index in [1.807, 2.05) is 6.92 Å². The minimum Gasteiger partial charge on any atom is -0.368 e. The maximum absolute atomic E-state index is 11.7. The van der Waals surface area contributed by atoms with Crippen molar-refractivity contribution in [3.8, 4) is 0 Å². The number of primary amides is 1. The molecule has 3 atom stereocenters. The van der Waals surface area contributed by atoms with Gasteiger partial charge in [0, 0.05) is 12.1 Å². The van der Waals surface area contributed by atoms with Gasteiger partial charge in [-0.25, -0.2) is 0 Å². The minimum atomic E-state index is -0.557. The Morgan fingerprint density at radius 2 is 1.95 bits per heavy atom. The van der Waals surface area contributed by atoms with E-state index >= 15 is 0 Å². The fourth-order valence-electron chi connectivity index (χ4n) is 3.23. The summed E-state index contributed by atoms with van der Waals surface area (Å²) in [5.41, 5.74) is 5.01. The van der Waals surface area contributed by atoms with Crippen molar-refractivity contribution in [2.45, 2.75) is 83.8 Å². The molecule has 1 rings (SSSR count). The van der Waals surface area contributed by atoms with Crippen molar-refractivity contribution in [2.75, 3.05) is 13.1 Å². The Balaban J connectivity index is 2.45. The summed E-state index contributed by atoms with van der Waals surface area (Å²) in [4.78, 5) is 14.3. The number of nitrogens with two attached hydrogens (primary N) is 1. The van der Waals surface area contributed by atoms with Gasteiger partial charge >= 0.3 is 0 Å². The van der Waals surface area contributed by atoms with Crippen LogP contribution in [0.25, 0.3) is 0 Å². The lowest BCUT2D eigenvalue weighted by Gasteiger charge is -2.39. The summed E-state index contributed by atoms with van der Waals surface area (Å²) in [6, 6.07) is 1.34. The zero-order valence-electron chi connectivity index (χ0n) is 13.7. The molecule has 20 heavy (non-hydrogen) atoms. The number of carbonyl (C=O) groups is 1. The standard InChI is InChI=1S/C16H33N3O/c1-5-11-18-16(4,15(17)20)10-7-12-19-13(2)8-6-9-14(19)3/h13-14,18H,5-12H2,1-4H3,(H2,17,20)/t13-,14+,16?. The Kier molecular flexibility index (Phi) is 6.96. The van der Waals surface area contributed by atoms with Crippen molar-refractivity contribution in [2.24, 2.45) is 5.73 Å². The zero-order valence-corrected chi connectivity index (χ0v) is 13.7. The zero-order chi connectivity index (χ0) is 15.2. The molecule has 4 nitrogen and oxygen atoms in total.